The molecule has 0 aromatic rings. The summed E-state index contributed by atoms with van der Waals surface area (Å²) in [5, 5.41) is 17.4. The number of unbranched alkanes of at least 4 members (excludes halogenated alkanes) is 6. The Kier molecular flexibility index (Phi) is 12.7. The van der Waals surface area contributed by atoms with Crippen molar-refractivity contribution in [3.8, 4) is 0 Å². The van der Waals surface area contributed by atoms with E-state index in [1.165, 1.54) is 0 Å². The number of esters is 1. The predicted octanol–water partition coefficient (Wildman–Crippen LogP) is 3.06. The van der Waals surface area contributed by atoms with Crippen LogP contribution in [0.3, 0.4) is 0 Å². The number of allylic oxidation sites excluding steroid dienone is 1. The van der Waals surface area contributed by atoms with Crippen LogP contribution in [0.1, 0.15) is 64.7 Å². The lowest BCUT2D eigenvalue weighted by Crippen LogP contribution is -2.12. The fourth-order valence-corrected chi connectivity index (χ4v) is 1.89. The Morgan fingerprint density at radius 2 is 1.67 bits per heavy atom. The van der Waals surface area contributed by atoms with Crippen molar-refractivity contribution in [3.63, 3.8) is 0 Å². The number of rotatable bonds is 13. The second kappa shape index (κ2) is 13.6. The maximum atomic E-state index is 11.8. The number of hydrogen-bond acceptors (Lipinski definition) is 4. The zero-order chi connectivity index (χ0) is 15.9. The molecule has 0 aromatic carbocycles. The molecule has 0 spiro atoms. The molecule has 0 rings (SSSR count). The maximum Gasteiger partial charge on any atom is 0.334 e. The van der Waals surface area contributed by atoms with Gasteiger partial charge in [-0.1, -0.05) is 45.1 Å². The monoisotopic (exact) mass is 300 g/mol. The number of hydrogen-bond donors (Lipinski definition) is 2. The van der Waals surface area contributed by atoms with Crippen LogP contribution in [0, 0.1) is 0 Å². The van der Waals surface area contributed by atoms with Crippen molar-refractivity contribution < 1.29 is 24.5 Å². The van der Waals surface area contributed by atoms with E-state index in [1.54, 1.807) is 6.08 Å². The van der Waals surface area contributed by atoms with E-state index in [9.17, 15) is 9.59 Å². The minimum absolute atomic E-state index is 0.243. The first-order chi connectivity index (χ1) is 10.1. The molecule has 5 heteroatoms. The number of aliphatic carboxylic acids is 1. The first-order valence-electron chi connectivity index (χ1n) is 7.80. The molecule has 0 saturated heterocycles. The van der Waals surface area contributed by atoms with E-state index in [0.717, 1.165) is 44.9 Å². The smallest absolute Gasteiger partial charge is 0.334 e. The second-order valence-corrected chi connectivity index (χ2v) is 5.07. The third-order valence-electron chi connectivity index (χ3n) is 3.07. The Morgan fingerprint density at radius 1 is 1.05 bits per heavy atom. The van der Waals surface area contributed by atoms with Crippen LogP contribution in [0.25, 0.3) is 0 Å². The molecule has 0 aliphatic carbocycles. The van der Waals surface area contributed by atoms with Crippen LogP contribution in [-0.4, -0.2) is 35.4 Å². The number of carboxylic acids is 1. The van der Waals surface area contributed by atoms with Gasteiger partial charge >= 0.3 is 11.9 Å². The summed E-state index contributed by atoms with van der Waals surface area (Å²) in [6, 6.07) is 0. The van der Waals surface area contributed by atoms with Crippen LogP contribution in [-0.2, 0) is 14.3 Å². The lowest BCUT2D eigenvalue weighted by atomic mass is 10.1. The van der Waals surface area contributed by atoms with Crippen LogP contribution in [0.4, 0.5) is 0 Å². The number of carboxylic acid groups (broad SMARTS) is 1. The van der Waals surface area contributed by atoms with Crippen LogP contribution in [0.15, 0.2) is 11.6 Å². The molecule has 2 N–H and O–H groups in total. The summed E-state index contributed by atoms with van der Waals surface area (Å²) in [5.41, 5.74) is 0.243. The average Bonchev–Trinajstić information content (AvgIpc) is 2.45. The van der Waals surface area contributed by atoms with E-state index >= 15 is 0 Å². The lowest BCUT2D eigenvalue weighted by Gasteiger charge is -2.07. The Hall–Kier alpha value is -1.36. The van der Waals surface area contributed by atoms with Gasteiger partial charge in [-0.05, 0) is 19.3 Å². The summed E-state index contributed by atoms with van der Waals surface area (Å²) in [7, 11) is 0. The van der Waals surface area contributed by atoms with Crippen molar-refractivity contribution >= 4 is 11.9 Å². The largest absolute Gasteiger partial charge is 0.481 e. The van der Waals surface area contributed by atoms with Crippen LogP contribution >= 0.6 is 0 Å². The number of aliphatic hydroxyl groups is 1. The van der Waals surface area contributed by atoms with E-state index in [2.05, 4.69) is 0 Å². The highest BCUT2D eigenvalue weighted by Crippen LogP contribution is 2.09. The zero-order valence-corrected chi connectivity index (χ0v) is 13.0. The highest BCUT2D eigenvalue weighted by atomic mass is 16.5. The highest BCUT2D eigenvalue weighted by molar-refractivity contribution is 5.93. The molecular formula is C16H28O5. The van der Waals surface area contributed by atoms with Gasteiger partial charge < -0.3 is 14.9 Å². The fourth-order valence-electron chi connectivity index (χ4n) is 1.89. The van der Waals surface area contributed by atoms with Crippen LogP contribution in [0.2, 0.25) is 0 Å². The molecule has 21 heavy (non-hydrogen) atoms. The third kappa shape index (κ3) is 12.1. The maximum absolute atomic E-state index is 11.8. The van der Waals surface area contributed by atoms with Crippen molar-refractivity contribution in [1.29, 1.82) is 0 Å². The van der Waals surface area contributed by atoms with Crippen LogP contribution in [0.5, 0.6) is 0 Å². The first-order valence-corrected chi connectivity index (χ1v) is 7.80. The normalized spacial score (nSPS) is 11.4. The van der Waals surface area contributed by atoms with Gasteiger partial charge in [-0.25, -0.2) is 4.79 Å². The summed E-state index contributed by atoms with van der Waals surface area (Å²) in [6.45, 7) is 2.55. The zero-order valence-electron chi connectivity index (χ0n) is 13.0. The molecule has 0 amide bonds. The predicted molar refractivity (Wildman–Crippen MR) is 81.0 cm³/mol. The molecule has 0 saturated carbocycles. The van der Waals surface area contributed by atoms with E-state index in [0.29, 0.717) is 13.0 Å². The molecule has 122 valence electrons. The topological polar surface area (TPSA) is 83.8 Å². The second-order valence-electron chi connectivity index (χ2n) is 5.07. The molecule has 0 heterocycles. The number of carbonyl (C=O) groups excluding carboxylic acids is 1. The summed E-state index contributed by atoms with van der Waals surface area (Å²) in [6.07, 6.45) is 8.71. The van der Waals surface area contributed by atoms with Gasteiger partial charge in [0.25, 0.3) is 0 Å². The highest BCUT2D eigenvalue weighted by Gasteiger charge is 2.14. The number of aliphatic hydroxyl groups excluding tert-OH is 1. The first kappa shape index (κ1) is 19.6. The standard InChI is InChI=1S/C16H28O5/c1-2-3-10-14(13-15(18)19)16(20)21-12-9-7-5-4-6-8-11-17/h10,17H,2-9,11-13H2,1H3,(H,18,19). The third-order valence-corrected chi connectivity index (χ3v) is 3.07. The fraction of sp³-hybridized carbons (Fsp3) is 0.750. The van der Waals surface area contributed by atoms with E-state index in [1.807, 2.05) is 6.92 Å². The van der Waals surface area contributed by atoms with Gasteiger partial charge in [0.05, 0.1) is 13.0 Å². The molecule has 0 aromatic heterocycles. The average molecular weight is 300 g/mol. The van der Waals surface area contributed by atoms with Gasteiger partial charge in [0, 0.05) is 12.2 Å². The molecular weight excluding hydrogens is 272 g/mol. The van der Waals surface area contributed by atoms with Crippen molar-refractivity contribution in [2.75, 3.05) is 13.2 Å². The SMILES string of the molecule is CCCC=C(CC(=O)O)C(=O)OCCCCCCCCO. The minimum Gasteiger partial charge on any atom is -0.481 e. The Bertz CT molecular complexity index is 323. The summed E-state index contributed by atoms with van der Waals surface area (Å²) in [4.78, 5) is 22.5. The number of carbonyl (C=O) groups is 2. The van der Waals surface area contributed by atoms with E-state index < -0.39 is 11.9 Å². The molecule has 5 nitrogen and oxygen atoms in total. The molecule has 0 aliphatic rings. The van der Waals surface area contributed by atoms with Crippen molar-refractivity contribution in [1.82, 2.24) is 0 Å². The Labute approximate surface area is 127 Å². The van der Waals surface area contributed by atoms with Crippen molar-refractivity contribution in [2.24, 2.45) is 0 Å². The van der Waals surface area contributed by atoms with E-state index in [4.69, 9.17) is 14.9 Å². The molecule has 0 fully saturated rings. The van der Waals surface area contributed by atoms with Crippen molar-refractivity contribution in [3.05, 3.63) is 11.6 Å². The molecule has 0 bridgehead atoms. The Balaban J connectivity index is 3.85. The summed E-state index contributed by atoms with van der Waals surface area (Å²) < 4.78 is 5.12. The van der Waals surface area contributed by atoms with Gasteiger partial charge in [-0.2, -0.15) is 0 Å². The van der Waals surface area contributed by atoms with Gasteiger partial charge in [0.2, 0.25) is 0 Å². The Morgan fingerprint density at radius 3 is 2.24 bits per heavy atom. The van der Waals surface area contributed by atoms with Crippen LogP contribution < -0.4 is 0 Å². The number of ether oxygens (including phenoxy) is 1. The molecule has 0 radical (unpaired) electrons. The lowest BCUT2D eigenvalue weighted by molar-refractivity contribution is -0.143. The van der Waals surface area contributed by atoms with E-state index in [-0.39, 0.29) is 18.6 Å². The quantitative estimate of drug-likeness (QED) is 0.310. The van der Waals surface area contributed by atoms with Gasteiger partial charge in [-0.3, -0.25) is 4.79 Å². The minimum atomic E-state index is -1.02. The van der Waals surface area contributed by atoms with Gasteiger partial charge in [0.15, 0.2) is 0 Å². The molecule has 0 atom stereocenters. The molecule has 0 aliphatic heterocycles. The van der Waals surface area contributed by atoms with Gasteiger partial charge in [-0.15, -0.1) is 0 Å². The summed E-state index contributed by atoms with van der Waals surface area (Å²) in [5.74, 6) is -1.52. The molecule has 0 unspecified atom stereocenters. The van der Waals surface area contributed by atoms with Crippen molar-refractivity contribution in [2.45, 2.75) is 64.7 Å². The summed E-state index contributed by atoms with van der Waals surface area (Å²) >= 11 is 0. The van der Waals surface area contributed by atoms with Gasteiger partial charge in [0.1, 0.15) is 0 Å².